The van der Waals surface area contributed by atoms with Crippen LogP contribution in [0.1, 0.15) is 27.7 Å². The monoisotopic (exact) mass is 172 g/mol. The van der Waals surface area contributed by atoms with Gasteiger partial charge in [-0.2, -0.15) is 0 Å². The molecule has 0 aliphatic carbocycles. The molecule has 0 saturated heterocycles. The van der Waals surface area contributed by atoms with Gasteiger partial charge in [0.1, 0.15) is 0 Å². The molecule has 0 aliphatic heterocycles. The number of rotatable bonds is 2. The van der Waals surface area contributed by atoms with Gasteiger partial charge in [0.15, 0.2) is 0 Å². The summed E-state index contributed by atoms with van der Waals surface area (Å²) in [5.74, 6) is 0. The van der Waals surface area contributed by atoms with Crippen LogP contribution < -0.4 is 0 Å². The molecule has 0 aromatic rings. The van der Waals surface area contributed by atoms with E-state index in [0.29, 0.717) is 5.04 Å². The van der Waals surface area contributed by atoms with Gasteiger partial charge in [0.2, 0.25) is 8.32 Å². The zero-order valence-corrected chi connectivity index (χ0v) is 9.56. The molecular weight excluding hydrogens is 152 g/mol. The van der Waals surface area contributed by atoms with E-state index in [-0.39, 0.29) is 0 Å². The first-order valence-corrected chi connectivity index (χ1v) is 7.01. The van der Waals surface area contributed by atoms with E-state index in [2.05, 4.69) is 33.9 Å². The fraction of sp³-hybridized carbons (Fsp3) is 0.778. The molecule has 0 N–H and O–H groups in total. The van der Waals surface area contributed by atoms with Gasteiger partial charge >= 0.3 is 0 Å². The van der Waals surface area contributed by atoms with Crippen LogP contribution in [-0.2, 0) is 4.43 Å². The smallest absolute Gasteiger partial charge is 0.249 e. The summed E-state index contributed by atoms with van der Waals surface area (Å²) in [6, 6.07) is 0. The van der Waals surface area contributed by atoms with Gasteiger partial charge in [-0.1, -0.05) is 26.8 Å². The zero-order valence-electron chi connectivity index (χ0n) is 8.56. The maximum absolute atomic E-state index is 5.70. The second-order valence-corrected chi connectivity index (χ2v) is 9.10. The molecule has 0 bridgehead atoms. The van der Waals surface area contributed by atoms with Gasteiger partial charge in [-0.05, 0) is 25.1 Å². The van der Waals surface area contributed by atoms with Gasteiger partial charge in [0.25, 0.3) is 0 Å². The van der Waals surface area contributed by atoms with Gasteiger partial charge in [0, 0.05) is 0 Å². The zero-order chi connectivity index (χ0) is 9.12. The third-order valence-electron chi connectivity index (χ3n) is 2.30. The summed E-state index contributed by atoms with van der Waals surface area (Å²) in [6.07, 6.45) is 3.76. The van der Waals surface area contributed by atoms with E-state index in [1.807, 2.05) is 19.3 Å². The first kappa shape index (κ1) is 10.8. The molecule has 0 rings (SSSR count). The molecule has 0 saturated carbocycles. The lowest BCUT2D eigenvalue weighted by molar-refractivity contribution is 0.429. The highest BCUT2D eigenvalue weighted by molar-refractivity contribution is 6.74. The maximum Gasteiger partial charge on any atom is 0.249 e. The van der Waals surface area contributed by atoms with Crippen LogP contribution in [0.5, 0.6) is 0 Å². The van der Waals surface area contributed by atoms with Gasteiger partial charge < -0.3 is 4.43 Å². The van der Waals surface area contributed by atoms with E-state index >= 15 is 0 Å². The predicted molar refractivity (Wildman–Crippen MR) is 53.1 cm³/mol. The molecule has 11 heavy (non-hydrogen) atoms. The summed E-state index contributed by atoms with van der Waals surface area (Å²) in [5.41, 5.74) is 0. The van der Waals surface area contributed by atoms with Crippen molar-refractivity contribution in [2.24, 2.45) is 0 Å². The molecule has 0 fully saturated rings. The molecule has 66 valence electrons. The van der Waals surface area contributed by atoms with Gasteiger partial charge in [-0.15, -0.1) is 0 Å². The van der Waals surface area contributed by atoms with Crippen molar-refractivity contribution in [1.82, 2.24) is 0 Å². The van der Waals surface area contributed by atoms with Crippen molar-refractivity contribution in [3.05, 3.63) is 12.3 Å². The number of hydrogen-bond donors (Lipinski definition) is 0. The van der Waals surface area contributed by atoms with Crippen LogP contribution in [0.4, 0.5) is 0 Å². The van der Waals surface area contributed by atoms with Crippen LogP contribution >= 0.6 is 0 Å². The van der Waals surface area contributed by atoms with Crippen LogP contribution in [0.3, 0.4) is 0 Å². The minimum atomic E-state index is -1.51. The molecule has 0 atom stereocenters. The summed E-state index contributed by atoms with van der Waals surface area (Å²) in [7, 11) is -1.51. The van der Waals surface area contributed by atoms with E-state index in [1.54, 1.807) is 0 Å². The summed E-state index contributed by atoms with van der Waals surface area (Å²) in [5, 5.41) is 0.312. The minimum absolute atomic E-state index is 0.312. The van der Waals surface area contributed by atoms with Crippen molar-refractivity contribution >= 4 is 8.32 Å². The van der Waals surface area contributed by atoms with Crippen molar-refractivity contribution < 1.29 is 4.43 Å². The summed E-state index contributed by atoms with van der Waals surface area (Å²) >= 11 is 0. The largest absolute Gasteiger partial charge is 0.549 e. The average Bonchev–Trinajstić information content (AvgIpc) is 1.81. The van der Waals surface area contributed by atoms with E-state index in [4.69, 9.17) is 4.43 Å². The highest BCUT2D eigenvalue weighted by Gasteiger charge is 2.37. The molecule has 2 heteroatoms. The van der Waals surface area contributed by atoms with E-state index in [9.17, 15) is 0 Å². The van der Waals surface area contributed by atoms with Crippen LogP contribution in [-0.4, -0.2) is 8.32 Å². The highest BCUT2D eigenvalue weighted by Crippen LogP contribution is 2.36. The third-order valence-corrected chi connectivity index (χ3v) is 6.64. The second kappa shape index (κ2) is 3.44. The number of allylic oxidation sites excluding steroid dienone is 1. The Labute approximate surface area is 71.6 Å². The fourth-order valence-electron chi connectivity index (χ4n) is 0.415. The molecule has 0 unspecified atom stereocenters. The van der Waals surface area contributed by atoms with Gasteiger partial charge in [-0.25, -0.2) is 0 Å². The maximum atomic E-state index is 5.70. The molecular formula is C9H20OSi. The standard InChI is InChI=1S/C9H20OSi/c1-7-8-10-11(5,6)9(2,3)4/h7-8H,1-6H3/b8-7-. The average molecular weight is 172 g/mol. The van der Waals surface area contributed by atoms with Crippen LogP contribution in [0.15, 0.2) is 12.3 Å². The van der Waals surface area contributed by atoms with Crippen molar-refractivity contribution in [1.29, 1.82) is 0 Å². The van der Waals surface area contributed by atoms with Crippen molar-refractivity contribution in [3.8, 4) is 0 Å². The Kier molecular flexibility index (Phi) is 3.36. The first-order valence-electron chi connectivity index (χ1n) is 4.10. The van der Waals surface area contributed by atoms with E-state index in [0.717, 1.165) is 0 Å². The highest BCUT2D eigenvalue weighted by atomic mass is 28.4. The van der Waals surface area contributed by atoms with E-state index < -0.39 is 8.32 Å². The minimum Gasteiger partial charge on any atom is -0.549 e. The van der Waals surface area contributed by atoms with Crippen LogP contribution in [0, 0.1) is 0 Å². The quantitative estimate of drug-likeness (QED) is 0.457. The number of hydrogen-bond acceptors (Lipinski definition) is 1. The van der Waals surface area contributed by atoms with Gasteiger partial charge in [0.05, 0.1) is 6.26 Å². The van der Waals surface area contributed by atoms with Crippen molar-refractivity contribution in [2.45, 2.75) is 45.8 Å². The molecule has 0 amide bonds. The Balaban J connectivity index is 4.22. The molecule has 0 aromatic heterocycles. The van der Waals surface area contributed by atoms with Gasteiger partial charge in [-0.3, -0.25) is 0 Å². The van der Waals surface area contributed by atoms with Crippen LogP contribution in [0.25, 0.3) is 0 Å². The molecule has 0 aliphatic rings. The fourth-order valence-corrected chi connectivity index (χ4v) is 1.24. The normalized spacial score (nSPS) is 14.0. The molecule has 0 spiro atoms. The summed E-state index contributed by atoms with van der Waals surface area (Å²) in [6.45, 7) is 13.2. The Hall–Kier alpha value is -0.243. The Bertz CT molecular complexity index is 142. The Morgan fingerprint density at radius 3 is 1.91 bits per heavy atom. The third kappa shape index (κ3) is 3.10. The summed E-state index contributed by atoms with van der Waals surface area (Å²) in [4.78, 5) is 0. The second-order valence-electron chi connectivity index (χ2n) is 4.35. The molecule has 0 heterocycles. The lowest BCUT2D eigenvalue weighted by Gasteiger charge is -2.34. The molecule has 0 radical (unpaired) electrons. The predicted octanol–water partition coefficient (Wildman–Crippen LogP) is 3.54. The van der Waals surface area contributed by atoms with E-state index in [1.165, 1.54) is 0 Å². The Morgan fingerprint density at radius 2 is 1.64 bits per heavy atom. The van der Waals surface area contributed by atoms with Crippen LogP contribution in [0.2, 0.25) is 18.1 Å². The molecule has 0 aromatic carbocycles. The lowest BCUT2D eigenvalue weighted by atomic mass is 10.2. The van der Waals surface area contributed by atoms with Crippen molar-refractivity contribution in [2.75, 3.05) is 0 Å². The van der Waals surface area contributed by atoms with Crippen molar-refractivity contribution in [3.63, 3.8) is 0 Å². The SMILES string of the molecule is C/C=C\O[Si](C)(C)C(C)(C)C. The first-order chi connectivity index (χ1) is 4.81. The molecule has 1 nitrogen and oxygen atoms in total. The summed E-state index contributed by atoms with van der Waals surface area (Å²) < 4.78 is 5.70. The lowest BCUT2D eigenvalue weighted by Crippen LogP contribution is -2.39. The Morgan fingerprint density at radius 1 is 1.18 bits per heavy atom. The topological polar surface area (TPSA) is 9.23 Å².